The lowest BCUT2D eigenvalue weighted by Gasteiger charge is -2.22. The van der Waals surface area contributed by atoms with Crippen molar-refractivity contribution in [2.75, 3.05) is 31.3 Å². The van der Waals surface area contributed by atoms with Crippen LogP contribution in [0.25, 0.3) is 0 Å². The summed E-state index contributed by atoms with van der Waals surface area (Å²) in [5.74, 6) is -0.568. The fraction of sp³-hybridized carbons (Fsp3) is 0.500. The van der Waals surface area contributed by atoms with E-state index in [1.54, 1.807) is 24.3 Å². The summed E-state index contributed by atoms with van der Waals surface area (Å²) < 4.78 is 30.4. The van der Waals surface area contributed by atoms with Gasteiger partial charge >= 0.3 is 0 Å². The van der Waals surface area contributed by atoms with Crippen LogP contribution in [0.4, 0.5) is 5.69 Å². The van der Waals surface area contributed by atoms with E-state index in [1.165, 1.54) is 6.92 Å². The SMILES string of the molecule is CC(=O)c1cccc(NC(=O)CN(CC2CCCO2)S(C)(=O)=O)c1. The summed E-state index contributed by atoms with van der Waals surface area (Å²) in [4.78, 5) is 23.6. The number of hydrogen-bond donors (Lipinski definition) is 1. The number of ketones is 1. The number of ether oxygens (including phenoxy) is 1. The molecule has 1 saturated heterocycles. The maximum absolute atomic E-state index is 12.2. The Kier molecular flexibility index (Phi) is 6.09. The lowest BCUT2D eigenvalue weighted by molar-refractivity contribution is -0.116. The molecule has 8 heteroatoms. The van der Waals surface area contributed by atoms with E-state index in [9.17, 15) is 18.0 Å². The summed E-state index contributed by atoms with van der Waals surface area (Å²) >= 11 is 0. The predicted molar refractivity (Wildman–Crippen MR) is 90.5 cm³/mol. The quantitative estimate of drug-likeness (QED) is 0.744. The molecule has 0 saturated carbocycles. The predicted octanol–water partition coefficient (Wildman–Crippen LogP) is 1.27. The molecule has 1 aliphatic heterocycles. The first-order chi connectivity index (χ1) is 11.3. The average Bonchev–Trinajstić information content (AvgIpc) is 2.99. The molecule has 132 valence electrons. The van der Waals surface area contributed by atoms with Gasteiger partial charge in [0.15, 0.2) is 5.78 Å². The van der Waals surface area contributed by atoms with Gasteiger partial charge in [-0.05, 0) is 31.9 Å². The van der Waals surface area contributed by atoms with E-state index in [-0.39, 0.29) is 25.0 Å². The molecule has 0 bridgehead atoms. The average molecular weight is 354 g/mol. The van der Waals surface area contributed by atoms with Gasteiger partial charge in [-0.1, -0.05) is 12.1 Å². The van der Waals surface area contributed by atoms with Crippen LogP contribution in [0.1, 0.15) is 30.1 Å². The zero-order valence-electron chi connectivity index (χ0n) is 13.8. The van der Waals surface area contributed by atoms with Crippen LogP contribution >= 0.6 is 0 Å². The molecule has 1 unspecified atom stereocenters. The molecule has 0 aliphatic carbocycles. The normalized spacial score (nSPS) is 17.9. The standard InChI is InChI=1S/C16H22N2O5S/c1-12(19)13-5-3-6-14(9-13)17-16(20)11-18(24(2,21)22)10-15-7-4-8-23-15/h3,5-6,9,15H,4,7-8,10-11H2,1-2H3,(H,17,20). The van der Waals surface area contributed by atoms with Crippen LogP contribution in [0.2, 0.25) is 0 Å². The molecular weight excluding hydrogens is 332 g/mol. The molecule has 0 aromatic heterocycles. The third kappa shape index (κ3) is 5.40. The first kappa shape index (κ1) is 18.6. The first-order valence-corrected chi connectivity index (χ1v) is 9.58. The second-order valence-electron chi connectivity index (χ2n) is 5.88. The van der Waals surface area contributed by atoms with Crippen LogP contribution in [-0.2, 0) is 19.6 Å². The smallest absolute Gasteiger partial charge is 0.239 e. The molecule has 24 heavy (non-hydrogen) atoms. The molecule has 0 radical (unpaired) electrons. The van der Waals surface area contributed by atoms with Crippen LogP contribution in [0.15, 0.2) is 24.3 Å². The largest absolute Gasteiger partial charge is 0.377 e. The molecule has 0 spiro atoms. The minimum atomic E-state index is -3.52. The first-order valence-electron chi connectivity index (χ1n) is 7.73. The number of nitrogens with zero attached hydrogens (tertiary/aromatic N) is 1. The van der Waals surface area contributed by atoms with Gasteiger partial charge in [0.25, 0.3) is 0 Å². The number of anilines is 1. The van der Waals surface area contributed by atoms with Gasteiger partial charge in [0.2, 0.25) is 15.9 Å². The summed E-state index contributed by atoms with van der Waals surface area (Å²) in [7, 11) is -3.52. The van der Waals surface area contributed by atoms with Crippen LogP contribution in [0.3, 0.4) is 0 Å². The molecule has 1 fully saturated rings. The Morgan fingerprint density at radius 3 is 2.71 bits per heavy atom. The van der Waals surface area contributed by atoms with E-state index in [0.717, 1.165) is 23.4 Å². The highest BCUT2D eigenvalue weighted by Gasteiger charge is 2.26. The van der Waals surface area contributed by atoms with Crippen molar-refractivity contribution in [1.82, 2.24) is 4.31 Å². The molecule has 1 heterocycles. The molecule has 1 amide bonds. The van der Waals surface area contributed by atoms with E-state index < -0.39 is 15.9 Å². The topological polar surface area (TPSA) is 92.8 Å². The van der Waals surface area contributed by atoms with Gasteiger partial charge in [0, 0.05) is 24.4 Å². The zero-order chi connectivity index (χ0) is 17.7. The highest BCUT2D eigenvalue weighted by atomic mass is 32.2. The zero-order valence-corrected chi connectivity index (χ0v) is 14.6. The second-order valence-corrected chi connectivity index (χ2v) is 7.86. The van der Waals surface area contributed by atoms with Gasteiger partial charge in [-0.3, -0.25) is 9.59 Å². The van der Waals surface area contributed by atoms with Gasteiger partial charge in [-0.15, -0.1) is 0 Å². The van der Waals surface area contributed by atoms with Crippen molar-refractivity contribution in [2.45, 2.75) is 25.9 Å². The fourth-order valence-electron chi connectivity index (χ4n) is 2.51. The summed E-state index contributed by atoms with van der Waals surface area (Å²) in [6.07, 6.45) is 2.58. The molecule has 1 aromatic carbocycles. The maximum atomic E-state index is 12.2. The van der Waals surface area contributed by atoms with Crippen molar-refractivity contribution in [2.24, 2.45) is 0 Å². The Balaban J connectivity index is 2.02. The summed E-state index contributed by atoms with van der Waals surface area (Å²) in [6.45, 7) is 1.93. The second kappa shape index (κ2) is 7.87. The van der Waals surface area contributed by atoms with Crippen LogP contribution in [0.5, 0.6) is 0 Å². The van der Waals surface area contributed by atoms with Gasteiger partial charge in [-0.2, -0.15) is 4.31 Å². The Labute approximate surface area is 142 Å². The molecule has 1 N–H and O–H groups in total. The lowest BCUT2D eigenvalue weighted by Crippen LogP contribution is -2.41. The number of amides is 1. The van der Waals surface area contributed by atoms with E-state index in [2.05, 4.69) is 5.32 Å². The molecule has 2 rings (SSSR count). The van der Waals surface area contributed by atoms with E-state index in [1.807, 2.05) is 0 Å². The van der Waals surface area contributed by atoms with Crippen molar-refractivity contribution in [1.29, 1.82) is 0 Å². The molecule has 1 aliphatic rings. The van der Waals surface area contributed by atoms with Crippen molar-refractivity contribution < 1.29 is 22.7 Å². The number of carbonyl (C=O) groups excluding carboxylic acids is 2. The Morgan fingerprint density at radius 2 is 2.12 bits per heavy atom. The summed E-state index contributed by atoms with van der Waals surface area (Å²) in [5.41, 5.74) is 0.936. The van der Waals surface area contributed by atoms with E-state index in [4.69, 9.17) is 4.74 Å². The Hall–Kier alpha value is -1.77. The van der Waals surface area contributed by atoms with Crippen LogP contribution in [0, 0.1) is 0 Å². The molecular formula is C16H22N2O5S. The minimum Gasteiger partial charge on any atom is -0.377 e. The lowest BCUT2D eigenvalue weighted by atomic mass is 10.1. The molecule has 1 aromatic rings. The van der Waals surface area contributed by atoms with Crippen LogP contribution in [-0.4, -0.2) is 56.5 Å². The van der Waals surface area contributed by atoms with Gasteiger partial charge in [-0.25, -0.2) is 8.42 Å². The summed E-state index contributed by atoms with van der Waals surface area (Å²) in [5, 5.41) is 2.63. The van der Waals surface area contributed by atoms with E-state index in [0.29, 0.717) is 17.9 Å². The highest BCUT2D eigenvalue weighted by molar-refractivity contribution is 7.88. The van der Waals surface area contributed by atoms with Crippen molar-refractivity contribution >= 4 is 27.4 Å². The van der Waals surface area contributed by atoms with Gasteiger partial charge < -0.3 is 10.1 Å². The molecule has 7 nitrogen and oxygen atoms in total. The van der Waals surface area contributed by atoms with E-state index >= 15 is 0 Å². The third-order valence-electron chi connectivity index (χ3n) is 3.77. The van der Waals surface area contributed by atoms with Crippen molar-refractivity contribution in [3.05, 3.63) is 29.8 Å². The van der Waals surface area contributed by atoms with Gasteiger partial charge in [0.1, 0.15) is 0 Å². The number of rotatable bonds is 7. The maximum Gasteiger partial charge on any atom is 0.239 e. The van der Waals surface area contributed by atoms with Crippen molar-refractivity contribution in [3.8, 4) is 0 Å². The third-order valence-corrected chi connectivity index (χ3v) is 4.99. The number of nitrogens with one attached hydrogen (secondary N) is 1. The fourth-order valence-corrected chi connectivity index (χ4v) is 3.30. The monoisotopic (exact) mass is 354 g/mol. The number of hydrogen-bond acceptors (Lipinski definition) is 5. The number of sulfonamides is 1. The summed E-state index contributed by atoms with van der Waals surface area (Å²) in [6, 6.07) is 6.52. The Bertz CT molecular complexity index is 711. The van der Waals surface area contributed by atoms with Crippen LogP contribution < -0.4 is 5.32 Å². The minimum absolute atomic E-state index is 0.109. The van der Waals surface area contributed by atoms with Crippen molar-refractivity contribution in [3.63, 3.8) is 0 Å². The Morgan fingerprint density at radius 1 is 1.38 bits per heavy atom. The number of benzene rings is 1. The number of Topliss-reactive ketones (excluding diaryl/α,β-unsaturated/α-hetero) is 1. The number of carbonyl (C=O) groups is 2. The highest BCUT2D eigenvalue weighted by Crippen LogP contribution is 2.15. The van der Waals surface area contributed by atoms with Gasteiger partial charge in [0.05, 0.1) is 18.9 Å². The molecule has 1 atom stereocenters.